The van der Waals surface area contributed by atoms with Gasteiger partial charge >= 0.3 is 5.97 Å². The van der Waals surface area contributed by atoms with Gasteiger partial charge in [0.2, 0.25) is 0 Å². The number of carbonyl (C=O) groups excluding carboxylic acids is 2. The van der Waals surface area contributed by atoms with Gasteiger partial charge < -0.3 is 4.74 Å². The Kier molecular flexibility index (Phi) is 4.61. The van der Waals surface area contributed by atoms with Gasteiger partial charge in [0.15, 0.2) is 4.33 Å². The molecule has 2 aliphatic rings. The van der Waals surface area contributed by atoms with Crippen LogP contribution in [0.4, 0.5) is 0 Å². The minimum atomic E-state index is -1.78. The van der Waals surface area contributed by atoms with Crippen LogP contribution < -0.4 is 4.74 Å². The predicted octanol–water partition coefficient (Wildman–Crippen LogP) is 5.26. The van der Waals surface area contributed by atoms with Crippen molar-refractivity contribution in [1.29, 1.82) is 0 Å². The second-order valence-corrected chi connectivity index (χ2v) is 8.90. The molecule has 0 N–H and O–H groups in total. The van der Waals surface area contributed by atoms with Crippen LogP contribution in [0.3, 0.4) is 0 Å². The number of hydrogen-bond donors (Lipinski definition) is 0. The molecule has 24 heavy (non-hydrogen) atoms. The van der Waals surface area contributed by atoms with E-state index < -0.39 is 26.0 Å². The molecule has 0 saturated heterocycles. The molecule has 0 aromatic heterocycles. The standard InChI is InChI=1S/C15H8Cl6O3/c16-10-11(17)14(19)9(5-13(10,18)15(14,20)21)12(23)24-8-3-1-7(6-22)2-4-8/h1-4,6,9H,5H2/t9-,13-,14-/m0/s1. The van der Waals surface area contributed by atoms with E-state index in [9.17, 15) is 9.59 Å². The molecule has 3 atom stereocenters. The summed E-state index contributed by atoms with van der Waals surface area (Å²) in [6.45, 7) is 0. The number of halogens is 6. The molecule has 0 unspecified atom stereocenters. The van der Waals surface area contributed by atoms with Gasteiger partial charge in [-0.25, -0.2) is 0 Å². The molecule has 128 valence electrons. The molecule has 0 amide bonds. The molecule has 0 aliphatic heterocycles. The lowest BCUT2D eigenvalue weighted by Gasteiger charge is -2.32. The van der Waals surface area contributed by atoms with Crippen LogP contribution in [0.2, 0.25) is 0 Å². The molecular weight excluding hydrogens is 441 g/mol. The first-order chi connectivity index (χ1) is 11.1. The van der Waals surface area contributed by atoms with Gasteiger partial charge in [-0.15, -0.1) is 23.2 Å². The summed E-state index contributed by atoms with van der Waals surface area (Å²) in [4.78, 5) is 20.1. The maximum absolute atomic E-state index is 12.6. The maximum Gasteiger partial charge on any atom is 0.316 e. The summed E-state index contributed by atoms with van der Waals surface area (Å²) in [6.07, 6.45) is 0.653. The average Bonchev–Trinajstić information content (AvgIpc) is 2.77. The zero-order valence-corrected chi connectivity index (χ0v) is 16.2. The molecule has 0 radical (unpaired) electrons. The van der Waals surface area contributed by atoms with E-state index in [2.05, 4.69) is 0 Å². The Labute approximate surface area is 167 Å². The van der Waals surface area contributed by atoms with Crippen molar-refractivity contribution in [3.05, 3.63) is 39.9 Å². The fourth-order valence-electron chi connectivity index (χ4n) is 2.96. The SMILES string of the molecule is O=Cc1ccc(OC(=O)[C@@H]2C[C@]3(Cl)C(Cl)=C(Cl)[C@]2(Cl)C3(Cl)Cl)cc1. The molecule has 2 bridgehead atoms. The molecule has 1 saturated carbocycles. The first-order valence-electron chi connectivity index (χ1n) is 6.68. The Morgan fingerprint density at radius 2 is 1.67 bits per heavy atom. The summed E-state index contributed by atoms with van der Waals surface area (Å²) < 4.78 is 3.52. The Morgan fingerprint density at radius 3 is 2.12 bits per heavy atom. The van der Waals surface area contributed by atoms with E-state index in [-0.39, 0.29) is 22.2 Å². The van der Waals surface area contributed by atoms with E-state index >= 15 is 0 Å². The molecule has 0 heterocycles. The van der Waals surface area contributed by atoms with E-state index in [1.807, 2.05) is 0 Å². The summed E-state index contributed by atoms with van der Waals surface area (Å²) in [5.74, 6) is -1.45. The third-order valence-electron chi connectivity index (χ3n) is 4.30. The van der Waals surface area contributed by atoms with Crippen LogP contribution >= 0.6 is 69.6 Å². The van der Waals surface area contributed by atoms with E-state index in [0.717, 1.165) is 0 Å². The number of aldehydes is 1. The van der Waals surface area contributed by atoms with Crippen LogP contribution in [0.25, 0.3) is 0 Å². The number of ether oxygens (including phenoxy) is 1. The van der Waals surface area contributed by atoms with Gasteiger partial charge in [0.05, 0.1) is 16.0 Å². The minimum absolute atomic E-state index is 0.0225. The molecule has 1 fully saturated rings. The van der Waals surface area contributed by atoms with Crippen molar-refractivity contribution in [2.45, 2.75) is 20.5 Å². The summed E-state index contributed by atoms with van der Waals surface area (Å²) >= 11 is 37.9. The molecule has 2 aliphatic carbocycles. The van der Waals surface area contributed by atoms with Crippen molar-refractivity contribution in [3.8, 4) is 5.75 Å². The lowest BCUT2D eigenvalue weighted by molar-refractivity contribution is -0.139. The largest absolute Gasteiger partial charge is 0.426 e. The van der Waals surface area contributed by atoms with Crippen LogP contribution in [-0.2, 0) is 4.79 Å². The molecular formula is C15H8Cl6O3. The van der Waals surface area contributed by atoms with Crippen LogP contribution in [-0.4, -0.2) is 26.3 Å². The monoisotopic (exact) mass is 446 g/mol. The second-order valence-electron chi connectivity index (χ2n) is 5.58. The number of carbonyl (C=O) groups is 2. The predicted molar refractivity (Wildman–Crippen MR) is 95.9 cm³/mol. The number of rotatable bonds is 3. The molecule has 1 aromatic carbocycles. The van der Waals surface area contributed by atoms with Crippen molar-refractivity contribution < 1.29 is 14.3 Å². The lowest BCUT2D eigenvalue weighted by Crippen LogP contribution is -2.46. The topological polar surface area (TPSA) is 43.4 Å². The average molecular weight is 449 g/mol. The highest BCUT2D eigenvalue weighted by atomic mass is 35.5. The van der Waals surface area contributed by atoms with Gasteiger partial charge in [-0.2, -0.15) is 0 Å². The number of esters is 1. The molecule has 3 nitrogen and oxygen atoms in total. The van der Waals surface area contributed by atoms with Gasteiger partial charge in [-0.3, -0.25) is 9.59 Å². The summed E-state index contributed by atoms with van der Waals surface area (Å²) in [5, 5.41) is -0.0273. The van der Waals surface area contributed by atoms with Crippen LogP contribution in [0.15, 0.2) is 34.3 Å². The molecule has 9 heteroatoms. The molecule has 0 spiro atoms. The van der Waals surface area contributed by atoms with Crippen molar-refractivity contribution in [2.24, 2.45) is 5.92 Å². The fourth-order valence-corrected chi connectivity index (χ4v) is 5.71. The molecule has 1 aromatic rings. The van der Waals surface area contributed by atoms with Crippen LogP contribution in [0.1, 0.15) is 16.8 Å². The minimum Gasteiger partial charge on any atom is -0.426 e. The Balaban J connectivity index is 1.91. The highest BCUT2D eigenvalue weighted by Gasteiger charge is 2.80. The zero-order chi connectivity index (χ0) is 17.9. The fraction of sp³-hybridized carbons (Fsp3) is 0.333. The summed E-state index contributed by atoms with van der Waals surface area (Å²) in [6, 6.07) is 5.97. The number of benzene rings is 1. The van der Waals surface area contributed by atoms with Crippen molar-refractivity contribution in [1.82, 2.24) is 0 Å². The lowest BCUT2D eigenvalue weighted by atomic mass is 9.92. The van der Waals surface area contributed by atoms with E-state index in [1.165, 1.54) is 24.3 Å². The van der Waals surface area contributed by atoms with Crippen molar-refractivity contribution >= 4 is 81.9 Å². The smallest absolute Gasteiger partial charge is 0.316 e. The van der Waals surface area contributed by atoms with Gasteiger partial charge in [-0.05, 0) is 30.7 Å². The molecule has 3 rings (SSSR count). The first-order valence-corrected chi connectivity index (χ1v) is 8.95. The maximum atomic E-state index is 12.6. The number of hydrogen-bond acceptors (Lipinski definition) is 3. The summed E-state index contributed by atoms with van der Waals surface area (Å²) in [5.41, 5.74) is 0.446. The zero-order valence-electron chi connectivity index (χ0n) is 11.7. The van der Waals surface area contributed by atoms with Gasteiger partial charge in [0.25, 0.3) is 0 Å². The van der Waals surface area contributed by atoms with E-state index in [0.29, 0.717) is 11.8 Å². The quantitative estimate of drug-likeness (QED) is 0.274. The van der Waals surface area contributed by atoms with Crippen LogP contribution in [0, 0.1) is 5.92 Å². The van der Waals surface area contributed by atoms with E-state index in [4.69, 9.17) is 74.3 Å². The normalized spacial score (nSPS) is 33.7. The highest BCUT2D eigenvalue weighted by Crippen LogP contribution is 2.74. The summed E-state index contributed by atoms with van der Waals surface area (Å²) in [7, 11) is 0. The van der Waals surface area contributed by atoms with E-state index in [1.54, 1.807) is 0 Å². The van der Waals surface area contributed by atoms with Crippen LogP contribution in [0.5, 0.6) is 5.75 Å². The first kappa shape index (κ1) is 18.6. The Hall–Kier alpha value is -0.160. The number of fused-ring (bicyclic) bond motifs is 2. The van der Waals surface area contributed by atoms with Gasteiger partial charge in [-0.1, -0.05) is 46.4 Å². The Bertz CT molecular complexity index is 759. The third kappa shape index (κ3) is 2.26. The third-order valence-corrected chi connectivity index (χ3v) is 8.58. The number of alkyl halides is 4. The highest BCUT2D eigenvalue weighted by molar-refractivity contribution is 6.66. The van der Waals surface area contributed by atoms with Gasteiger partial charge in [0, 0.05) is 5.56 Å². The van der Waals surface area contributed by atoms with Gasteiger partial charge in [0.1, 0.15) is 21.8 Å². The second kappa shape index (κ2) is 5.94. The van der Waals surface area contributed by atoms with Crippen molar-refractivity contribution in [2.75, 3.05) is 0 Å². The number of allylic oxidation sites excluding steroid dienone is 2. The Morgan fingerprint density at radius 1 is 1.08 bits per heavy atom. The van der Waals surface area contributed by atoms with Crippen molar-refractivity contribution in [3.63, 3.8) is 0 Å².